The summed E-state index contributed by atoms with van der Waals surface area (Å²) >= 11 is 0. The van der Waals surface area contributed by atoms with Gasteiger partial charge in [0, 0.05) is 56.1 Å². The van der Waals surface area contributed by atoms with Crippen molar-refractivity contribution < 1.29 is 14.3 Å². The van der Waals surface area contributed by atoms with Crippen LogP contribution in [0, 0.1) is 0 Å². The first-order chi connectivity index (χ1) is 13.6. The number of carbonyl (C=O) groups excluding carboxylic acids is 2. The van der Waals surface area contributed by atoms with E-state index in [-0.39, 0.29) is 11.7 Å². The molecule has 148 valence electrons. The van der Waals surface area contributed by atoms with Crippen LogP contribution in [0.4, 0.5) is 11.4 Å². The number of methoxy groups -OCH3 is 1. The van der Waals surface area contributed by atoms with Crippen LogP contribution in [0.15, 0.2) is 48.5 Å². The number of benzene rings is 2. The van der Waals surface area contributed by atoms with Gasteiger partial charge in [-0.15, -0.1) is 0 Å². The minimum Gasteiger partial charge on any atom is -0.497 e. The Morgan fingerprint density at radius 2 is 1.75 bits per heavy atom. The summed E-state index contributed by atoms with van der Waals surface area (Å²) in [7, 11) is 1.66. The van der Waals surface area contributed by atoms with Gasteiger partial charge in [0.1, 0.15) is 5.75 Å². The molecule has 2 aromatic carbocycles. The number of Topliss-reactive ketones (excluding diaryl/α,β-unsaturated/α-hetero) is 1. The Morgan fingerprint density at radius 1 is 1.04 bits per heavy atom. The van der Waals surface area contributed by atoms with E-state index in [1.54, 1.807) is 20.1 Å². The SMILES string of the molecule is COc1ccc(N2CCN(C(=O)CCNc3cccc(C(C)=O)c3)CC2)cc1. The molecule has 0 aliphatic carbocycles. The summed E-state index contributed by atoms with van der Waals surface area (Å²) in [6.07, 6.45) is 0.437. The van der Waals surface area contributed by atoms with E-state index in [1.165, 1.54) is 0 Å². The van der Waals surface area contributed by atoms with Crippen LogP contribution in [0.5, 0.6) is 5.75 Å². The molecule has 1 saturated heterocycles. The number of piperazine rings is 1. The largest absolute Gasteiger partial charge is 0.497 e. The molecule has 1 heterocycles. The number of ketones is 1. The van der Waals surface area contributed by atoms with Crippen molar-refractivity contribution in [3.8, 4) is 5.75 Å². The molecule has 0 atom stereocenters. The zero-order chi connectivity index (χ0) is 19.9. The van der Waals surface area contributed by atoms with E-state index in [9.17, 15) is 9.59 Å². The van der Waals surface area contributed by atoms with Gasteiger partial charge in [0.2, 0.25) is 5.91 Å². The molecule has 0 spiro atoms. The second-order valence-electron chi connectivity index (χ2n) is 6.88. The highest BCUT2D eigenvalue weighted by Gasteiger charge is 2.21. The first-order valence-electron chi connectivity index (χ1n) is 9.58. The summed E-state index contributed by atoms with van der Waals surface area (Å²) in [5.74, 6) is 1.04. The number of anilines is 2. The van der Waals surface area contributed by atoms with E-state index in [1.807, 2.05) is 35.2 Å². The average Bonchev–Trinajstić information content (AvgIpc) is 2.74. The fourth-order valence-electron chi connectivity index (χ4n) is 3.33. The zero-order valence-electron chi connectivity index (χ0n) is 16.5. The van der Waals surface area contributed by atoms with Crippen molar-refractivity contribution in [2.45, 2.75) is 13.3 Å². The smallest absolute Gasteiger partial charge is 0.224 e. The number of amides is 1. The highest BCUT2D eigenvalue weighted by molar-refractivity contribution is 5.94. The highest BCUT2D eigenvalue weighted by atomic mass is 16.5. The molecule has 1 fully saturated rings. The topological polar surface area (TPSA) is 61.9 Å². The first kappa shape index (κ1) is 19.7. The van der Waals surface area contributed by atoms with E-state index in [0.29, 0.717) is 18.5 Å². The third-order valence-corrected chi connectivity index (χ3v) is 5.01. The normalized spacial score (nSPS) is 13.9. The van der Waals surface area contributed by atoms with Crippen LogP contribution in [0.1, 0.15) is 23.7 Å². The summed E-state index contributed by atoms with van der Waals surface area (Å²) in [5, 5.41) is 3.23. The van der Waals surface area contributed by atoms with E-state index >= 15 is 0 Å². The third-order valence-electron chi connectivity index (χ3n) is 5.01. The van der Waals surface area contributed by atoms with Gasteiger partial charge in [-0.2, -0.15) is 0 Å². The van der Waals surface area contributed by atoms with Gasteiger partial charge in [0.25, 0.3) is 0 Å². The van der Waals surface area contributed by atoms with Crippen LogP contribution in [0.3, 0.4) is 0 Å². The van der Waals surface area contributed by atoms with E-state index in [2.05, 4.69) is 22.3 Å². The summed E-state index contributed by atoms with van der Waals surface area (Å²) < 4.78 is 5.20. The molecule has 1 aliphatic heterocycles. The molecule has 1 amide bonds. The quantitative estimate of drug-likeness (QED) is 0.747. The summed E-state index contributed by atoms with van der Waals surface area (Å²) in [6.45, 7) is 5.21. The lowest BCUT2D eigenvalue weighted by atomic mass is 10.1. The van der Waals surface area contributed by atoms with Gasteiger partial charge in [-0.05, 0) is 43.3 Å². The number of nitrogens with one attached hydrogen (secondary N) is 1. The highest BCUT2D eigenvalue weighted by Crippen LogP contribution is 2.20. The van der Waals surface area contributed by atoms with Crippen molar-refractivity contribution in [3.63, 3.8) is 0 Å². The molecule has 28 heavy (non-hydrogen) atoms. The van der Waals surface area contributed by atoms with Crippen LogP contribution in [0.2, 0.25) is 0 Å². The molecular formula is C22H27N3O3. The summed E-state index contributed by atoms with van der Waals surface area (Å²) in [6, 6.07) is 15.4. The fraction of sp³-hybridized carbons (Fsp3) is 0.364. The van der Waals surface area contributed by atoms with E-state index in [0.717, 1.165) is 43.3 Å². The molecule has 0 aromatic heterocycles. The van der Waals surface area contributed by atoms with Gasteiger partial charge in [-0.25, -0.2) is 0 Å². The summed E-state index contributed by atoms with van der Waals surface area (Å²) in [5.41, 5.74) is 2.69. The van der Waals surface area contributed by atoms with Crippen molar-refractivity contribution >= 4 is 23.1 Å². The predicted molar refractivity (Wildman–Crippen MR) is 111 cm³/mol. The van der Waals surface area contributed by atoms with Gasteiger partial charge < -0.3 is 19.9 Å². The van der Waals surface area contributed by atoms with Crippen molar-refractivity contribution in [2.24, 2.45) is 0 Å². The third kappa shape index (κ3) is 5.03. The maximum absolute atomic E-state index is 12.5. The number of rotatable bonds is 7. The molecule has 0 radical (unpaired) electrons. The summed E-state index contributed by atoms with van der Waals surface area (Å²) in [4.78, 5) is 28.1. The van der Waals surface area contributed by atoms with Gasteiger partial charge in [0.05, 0.1) is 7.11 Å². The van der Waals surface area contributed by atoms with Crippen molar-refractivity contribution in [1.82, 2.24) is 4.90 Å². The zero-order valence-corrected chi connectivity index (χ0v) is 16.5. The van der Waals surface area contributed by atoms with Crippen LogP contribution in [-0.4, -0.2) is 56.4 Å². The lowest BCUT2D eigenvalue weighted by Crippen LogP contribution is -2.49. The first-order valence-corrected chi connectivity index (χ1v) is 9.58. The Labute approximate surface area is 166 Å². The van der Waals surface area contributed by atoms with Gasteiger partial charge in [0.15, 0.2) is 5.78 Å². The number of nitrogens with zero attached hydrogens (tertiary/aromatic N) is 2. The van der Waals surface area contributed by atoms with Crippen molar-refractivity contribution in [2.75, 3.05) is 50.1 Å². The van der Waals surface area contributed by atoms with Crippen LogP contribution >= 0.6 is 0 Å². The van der Waals surface area contributed by atoms with Crippen molar-refractivity contribution in [3.05, 3.63) is 54.1 Å². The predicted octanol–water partition coefficient (Wildman–Crippen LogP) is 3.05. The molecule has 3 rings (SSSR count). The molecule has 0 saturated carbocycles. The maximum Gasteiger partial charge on any atom is 0.224 e. The number of hydrogen-bond acceptors (Lipinski definition) is 5. The van der Waals surface area contributed by atoms with Crippen LogP contribution in [0.25, 0.3) is 0 Å². The minimum atomic E-state index is 0.0365. The molecule has 0 unspecified atom stereocenters. The Kier molecular flexibility index (Phi) is 6.53. The molecule has 6 nitrogen and oxygen atoms in total. The Morgan fingerprint density at radius 3 is 2.39 bits per heavy atom. The van der Waals surface area contributed by atoms with E-state index in [4.69, 9.17) is 4.74 Å². The van der Waals surface area contributed by atoms with E-state index < -0.39 is 0 Å². The Bertz CT molecular complexity index is 812. The van der Waals surface area contributed by atoms with Gasteiger partial charge in [-0.1, -0.05) is 12.1 Å². The second-order valence-corrected chi connectivity index (χ2v) is 6.88. The van der Waals surface area contributed by atoms with Crippen molar-refractivity contribution in [1.29, 1.82) is 0 Å². The minimum absolute atomic E-state index is 0.0365. The molecule has 1 N–H and O–H groups in total. The molecular weight excluding hydrogens is 354 g/mol. The maximum atomic E-state index is 12.5. The molecule has 2 aromatic rings. The Hall–Kier alpha value is -3.02. The van der Waals surface area contributed by atoms with Crippen LogP contribution in [-0.2, 0) is 4.79 Å². The van der Waals surface area contributed by atoms with Gasteiger partial charge in [-0.3, -0.25) is 9.59 Å². The molecule has 1 aliphatic rings. The number of hydrogen-bond donors (Lipinski definition) is 1. The fourth-order valence-corrected chi connectivity index (χ4v) is 3.33. The monoisotopic (exact) mass is 381 g/mol. The molecule has 0 bridgehead atoms. The second kappa shape index (κ2) is 9.26. The van der Waals surface area contributed by atoms with Crippen LogP contribution < -0.4 is 15.0 Å². The average molecular weight is 381 g/mol. The van der Waals surface area contributed by atoms with Gasteiger partial charge >= 0.3 is 0 Å². The molecule has 6 heteroatoms. The standard InChI is InChI=1S/C22H27N3O3/c1-17(26)18-4-3-5-19(16-18)23-11-10-22(27)25-14-12-24(13-15-25)20-6-8-21(28-2)9-7-20/h3-9,16,23H,10-15H2,1-2H3. The number of ether oxygens (including phenoxy) is 1. The number of carbonyl (C=O) groups is 2. The lowest BCUT2D eigenvalue weighted by molar-refractivity contribution is -0.131. The Balaban J connectivity index is 1.43. The lowest BCUT2D eigenvalue weighted by Gasteiger charge is -2.36.